The first-order valence-electron chi connectivity index (χ1n) is 14.9. The van der Waals surface area contributed by atoms with E-state index < -0.39 is 53.1 Å². The Morgan fingerprint density at radius 1 is 0.647 bits per heavy atom. The van der Waals surface area contributed by atoms with E-state index in [-0.39, 0.29) is 24.5 Å². The fourth-order valence-corrected chi connectivity index (χ4v) is 3.99. The monoisotopic (exact) mass is 754 g/mol. The summed E-state index contributed by atoms with van der Waals surface area (Å²) in [5.74, 6) is -39.1. The summed E-state index contributed by atoms with van der Waals surface area (Å²) in [6, 6.07) is 6.74. The fraction of sp³-hybridized carbons (Fsp3) is 0.455. The Bertz CT molecular complexity index is 1500. The highest BCUT2D eigenvalue weighted by atomic mass is 19.4. The second-order valence-electron chi connectivity index (χ2n) is 11.1. The molecular formula is C33H31F13O5. The van der Waals surface area contributed by atoms with Gasteiger partial charge in [-0.2, -0.15) is 57.1 Å². The minimum atomic E-state index is -8.01. The van der Waals surface area contributed by atoms with Crippen molar-refractivity contribution in [2.45, 2.75) is 74.8 Å². The zero-order valence-electron chi connectivity index (χ0n) is 26.6. The lowest BCUT2D eigenvalue weighted by Crippen LogP contribution is -2.69. The number of unbranched alkanes of at least 4 members (excludes halogenated alkanes) is 4. The van der Waals surface area contributed by atoms with Gasteiger partial charge in [0.1, 0.15) is 18.1 Å². The maximum Gasteiger partial charge on any atom is 0.460 e. The summed E-state index contributed by atoms with van der Waals surface area (Å²) >= 11 is 0. The van der Waals surface area contributed by atoms with Gasteiger partial charge in [-0.15, -0.1) is 0 Å². The normalized spacial score (nSPS) is 13.4. The molecule has 0 radical (unpaired) electrons. The first-order valence-corrected chi connectivity index (χ1v) is 14.9. The number of esters is 1. The van der Waals surface area contributed by atoms with Gasteiger partial charge in [-0.05, 0) is 73.4 Å². The second kappa shape index (κ2) is 17.0. The number of carbonyl (C=O) groups excluding carboxylic acids is 2. The van der Waals surface area contributed by atoms with Crippen molar-refractivity contribution in [1.82, 2.24) is 0 Å². The van der Waals surface area contributed by atoms with E-state index in [2.05, 4.69) is 6.58 Å². The third kappa shape index (κ3) is 10.3. The van der Waals surface area contributed by atoms with Crippen LogP contribution in [-0.2, 0) is 20.2 Å². The smallest absolute Gasteiger partial charge is 0.460 e. The van der Waals surface area contributed by atoms with E-state index in [4.69, 9.17) is 14.2 Å². The Labute approximate surface area is 283 Å². The maximum atomic E-state index is 14.3. The lowest BCUT2D eigenvalue weighted by molar-refractivity contribution is -0.441. The molecule has 0 N–H and O–H groups in total. The molecule has 0 atom stereocenters. The Hall–Kier alpha value is -4.09. The predicted molar refractivity (Wildman–Crippen MR) is 157 cm³/mol. The van der Waals surface area contributed by atoms with Gasteiger partial charge in [-0.3, -0.25) is 4.79 Å². The summed E-state index contributed by atoms with van der Waals surface area (Å²) in [5, 5.41) is 0. The van der Waals surface area contributed by atoms with Crippen LogP contribution in [0.3, 0.4) is 0 Å². The fourth-order valence-electron chi connectivity index (χ4n) is 3.99. The molecule has 51 heavy (non-hydrogen) atoms. The van der Waals surface area contributed by atoms with Crippen LogP contribution in [0.5, 0.6) is 11.5 Å². The predicted octanol–water partition coefficient (Wildman–Crippen LogP) is 9.99. The molecule has 2 aromatic carbocycles. The molecule has 284 valence electrons. The van der Waals surface area contributed by atoms with E-state index in [1.807, 2.05) is 0 Å². The van der Waals surface area contributed by atoms with Crippen LogP contribution in [0, 0.1) is 0 Å². The zero-order chi connectivity index (χ0) is 38.9. The second-order valence-corrected chi connectivity index (χ2v) is 11.1. The number of benzene rings is 2. The molecule has 0 bridgehead atoms. The quantitative estimate of drug-likeness (QED) is 0.0443. The number of halogens is 13. The van der Waals surface area contributed by atoms with Gasteiger partial charge in [0.15, 0.2) is 5.78 Å². The number of rotatable bonds is 20. The van der Waals surface area contributed by atoms with Crippen LogP contribution >= 0.6 is 0 Å². The number of carbonyl (C=O) groups is 2. The van der Waals surface area contributed by atoms with Gasteiger partial charge in [-0.1, -0.05) is 38.0 Å². The largest absolute Gasteiger partial charge is 0.494 e. The van der Waals surface area contributed by atoms with Gasteiger partial charge in [0.2, 0.25) is 0 Å². The van der Waals surface area contributed by atoms with E-state index in [0.29, 0.717) is 42.2 Å². The minimum Gasteiger partial charge on any atom is -0.494 e. The Morgan fingerprint density at radius 2 is 1.14 bits per heavy atom. The third-order valence-corrected chi connectivity index (χ3v) is 7.07. The van der Waals surface area contributed by atoms with E-state index in [0.717, 1.165) is 38.2 Å². The topological polar surface area (TPSA) is 61.8 Å². The highest BCUT2D eigenvalue weighted by Gasteiger charge is 2.90. The average Bonchev–Trinajstić information content (AvgIpc) is 3.04. The molecule has 0 amide bonds. The molecule has 0 aliphatic rings. The number of alkyl halides is 13. The molecule has 0 saturated carbocycles. The van der Waals surface area contributed by atoms with Crippen molar-refractivity contribution in [1.29, 1.82) is 0 Å². The summed E-state index contributed by atoms with van der Waals surface area (Å²) in [4.78, 5) is 23.5. The van der Waals surface area contributed by atoms with Crippen LogP contribution in [0.25, 0.3) is 6.08 Å². The van der Waals surface area contributed by atoms with Crippen LogP contribution in [0.2, 0.25) is 0 Å². The lowest BCUT2D eigenvalue weighted by Gasteiger charge is -2.39. The van der Waals surface area contributed by atoms with Crippen molar-refractivity contribution in [3.63, 3.8) is 0 Å². The van der Waals surface area contributed by atoms with Gasteiger partial charge in [0.25, 0.3) is 0 Å². The summed E-state index contributed by atoms with van der Waals surface area (Å²) in [5.41, 5.74) is -1.30. The molecule has 2 aromatic rings. The van der Waals surface area contributed by atoms with Gasteiger partial charge in [-0.25, -0.2) is 4.79 Å². The number of ether oxygens (including phenoxy) is 3. The van der Waals surface area contributed by atoms with Gasteiger partial charge >= 0.3 is 41.8 Å². The summed E-state index contributed by atoms with van der Waals surface area (Å²) in [6.45, 7) is 6.08. The first-order chi connectivity index (χ1) is 23.4. The molecule has 0 fully saturated rings. The van der Waals surface area contributed by atoms with Crippen LogP contribution in [0.15, 0.2) is 66.8 Å². The van der Waals surface area contributed by atoms with E-state index in [1.165, 1.54) is 6.08 Å². The SMILES string of the molecule is C=C(C)C(=O)COCCCCCCCOc1ccc(/C=C/C(=O)Oc2ccc(C(F)(F)C(F)(F)C(F)(F)C(F)(F)C(F)(F)C(F)(F)F)cc2)cc1. The molecular weight excluding hydrogens is 723 g/mol. The number of hydrogen-bond acceptors (Lipinski definition) is 5. The van der Waals surface area contributed by atoms with Crippen molar-refractivity contribution in [2.24, 2.45) is 0 Å². The highest BCUT2D eigenvalue weighted by Crippen LogP contribution is 2.62. The molecule has 0 aromatic heterocycles. The summed E-state index contributed by atoms with van der Waals surface area (Å²) in [7, 11) is 0. The first kappa shape index (κ1) is 43.1. The van der Waals surface area contributed by atoms with Crippen molar-refractivity contribution in [3.05, 3.63) is 77.9 Å². The number of Topliss-reactive ketones (excluding diaryl/α,β-unsaturated/α-hetero) is 1. The molecule has 0 unspecified atom stereocenters. The van der Waals surface area contributed by atoms with Crippen LogP contribution in [0.4, 0.5) is 57.1 Å². The van der Waals surface area contributed by atoms with E-state index in [1.54, 1.807) is 31.2 Å². The van der Waals surface area contributed by atoms with Crippen molar-refractivity contribution in [2.75, 3.05) is 19.8 Å². The van der Waals surface area contributed by atoms with Crippen LogP contribution < -0.4 is 9.47 Å². The van der Waals surface area contributed by atoms with Crippen molar-refractivity contribution >= 4 is 17.8 Å². The molecule has 0 saturated heterocycles. The maximum absolute atomic E-state index is 14.3. The molecule has 18 heteroatoms. The summed E-state index contributed by atoms with van der Waals surface area (Å²) < 4.78 is 190. The molecule has 2 rings (SSSR count). The number of ketones is 1. The zero-order valence-corrected chi connectivity index (χ0v) is 26.6. The molecule has 0 heterocycles. The molecule has 5 nitrogen and oxygen atoms in total. The highest BCUT2D eigenvalue weighted by molar-refractivity contribution is 5.95. The van der Waals surface area contributed by atoms with Crippen molar-refractivity contribution in [3.8, 4) is 11.5 Å². The Balaban J connectivity index is 1.88. The van der Waals surface area contributed by atoms with Gasteiger partial charge < -0.3 is 14.2 Å². The summed E-state index contributed by atoms with van der Waals surface area (Å²) in [6.07, 6.45) is -1.09. The van der Waals surface area contributed by atoms with Gasteiger partial charge in [0.05, 0.1) is 6.61 Å². The average molecular weight is 755 g/mol. The molecule has 0 aliphatic heterocycles. The third-order valence-electron chi connectivity index (χ3n) is 7.07. The van der Waals surface area contributed by atoms with Crippen molar-refractivity contribution < 1.29 is 80.9 Å². The van der Waals surface area contributed by atoms with E-state index >= 15 is 0 Å². The van der Waals surface area contributed by atoms with Crippen LogP contribution in [0.1, 0.15) is 50.2 Å². The van der Waals surface area contributed by atoms with Gasteiger partial charge in [0, 0.05) is 18.2 Å². The Morgan fingerprint density at radius 3 is 1.67 bits per heavy atom. The van der Waals surface area contributed by atoms with E-state index in [9.17, 15) is 66.7 Å². The molecule has 0 spiro atoms. The lowest BCUT2D eigenvalue weighted by atomic mass is 9.90. The number of hydrogen-bond donors (Lipinski definition) is 0. The standard InChI is InChI=1S/C33H31F13O5/c1-21(2)26(47)20-49-18-6-4-3-5-7-19-50-24-13-8-22(9-14-24)10-17-27(48)51-25-15-11-23(12-16-25)28(34,35)29(36,37)30(38,39)31(40,41)32(42,43)33(44,45)46/h8-17H,1,3-7,18-20H2,2H3/b17-10+. The Kier molecular flexibility index (Phi) is 14.3. The minimum absolute atomic E-state index is 0.0173. The molecule has 0 aliphatic carbocycles. The van der Waals surface area contributed by atoms with Crippen LogP contribution in [-0.4, -0.2) is 61.4 Å².